The number of pyridine rings is 1. The van der Waals surface area contributed by atoms with E-state index in [9.17, 15) is 9.90 Å². The average molecular weight is 286 g/mol. The van der Waals surface area contributed by atoms with Crippen LogP contribution in [0.25, 0.3) is 10.9 Å². The van der Waals surface area contributed by atoms with Crippen LogP contribution in [-0.4, -0.2) is 35.8 Å². The molecule has 5 heteroatoms. The third kappa shape index (κ3) is 4.03. The second kappa shape index (κ2) is 6.85. The van der Waals surface area contributed by atoms with Crippen molar-refractivity contribution < 1.29 is 14.6 Å². The van der Waals surface area contributed by atoms with Crippen LogP contribution in [0.15, 0.2) is 42.5 Å². The maximum absolute atomic E-state index is 11.3. The van der Waals surface area contributed by atoms with E-state index in [1.54, 1.807) is 6.07 Å². The van der Waals surface area contributed by atoms with Crippen LogP contribution in [0, 0.1) is 0 Å². The first kappa shape index (κ1) is 15.0. The number of rotatable bonds is 7. The second-order valence-electron chi connectivity index (χ2n) is 4.82. The van der Waals surface area contributed by atoms with Crippen LogP contribution >= 0.6 is 0 Å². The van der Waals surface area contributed by atoms with E-state index >= 15 is 0 Å². The van der Waals surface area contributed by atoms with Gasteiger partial charge in [-0.1, -0.05) is 30.4 Å². The zero-order valence-corrected chi connectivity index (χ0v) is 11.9. The summed E-state index contributed by atoms with van der Waals surface area (Å²) in [5, 5.41) is 13.1. The lowest BCUT2D eigenvalue weighted by molar-refractivity contribution is 0.0697. The number of carboxylic acid groups (broad SMARTS) is 1. The molecule has 21 heavy (non-hydrogen) atoms. The van der Waals surface area contributed by atoms with E-state index in [2.05, 4.69) is 16.9 Å². The minimum Gasteiger partial charge on any atom is -0.478 e. The summed E-state index contributed by atoms with van der Waals surface area (Å²) in [4.78, 5) is 15.7. The molecule has 2 aromatic rings. The van der Waals surface area contributed by atoms with E-state index in [0.717, 1.165) is 16.5 Å². The molecule has 5 nitrogen and oxygen atoms in total. The van der Waals surface area contributed by atoms with Gasteiger partial charge in [0, 0.05) is 11.9 Å². The van der Waals surface area contributed by atoms with Crippen molar-refractivity contribution in [2.75, 3.05) is 25.1 Å². The van der Waals surface area contributed by atoms with Crippen molar-refractivity contribution in [2.24, 2.45) is 0 Å². The highest BCUT2D eigenvalue weighted by Gasteiger charge is 2.12. The first-order chi connectivity index (χ1) is 10.1. The Morgan fingerprint density at radius 3 is 2.90 bits per heavy atom. The van der Waals surface area contributed by atoms with Gasteiger partial charge in [0.1, 0.15) is 11.4 Å². The summed E-state index contributed by atoms with van der Waals surface area (Å²) >= 11 is 0. The molecule has 0 aliphatic heterocycles. The van der Waals surface area contributed by atoms with E-state index in [4.69, 9.17) is 4.74 Å². The minimum atomic E-state index is -1.00. The van der Waals surface area contributed by atoms with E-state index in [1.165, 1.54) is 0 Å². The fourth-order valence-electron chi connectivity index (χ4n) is 1.90. The molecule has 2 N–H and O–H groups in total. The number of hydrogen-bond acceptors (Lipinski definition) is 4. The van der Waals surface area contributed by atoms with Crippen molar-refractivity contribution >= 4 is 22.7 Å². The number of aromatic carboxylic acids is 1. The van der Waals surface area contributed by atoms with E-state index in [-0.39, 0.29) is 5.56 Å². The number of fused-ring (bicyclic) bond motifs is 1. The Balaban J connectivity index is 2.11. The quantitative estimate of drug-likeness (QED) is 0.605. The molecule has 0 radical (unpaired) electrons. The molecule has 110 valence electrons. The van der Waals surface area contributed by atoms with Gasteiger partial charge in [0.2, 0.25) is 0 Å². The number of nitrogens with zero attached hydrogens (tertiary/aromatic N) is 1. The molecule has 0 aliphatic rings. The lowest BCUT2D eigenvalue weighted by Gasteiger charge is -2.10. The number of aromatic nitrogens is 1. The smallest absolute Gasteiger partial charge is 0.339 e. The van der Waals surface area contributed by atoms with Crippen LogP contribution < -0.4 is 5.32 Å². The average Bonchev–Trinajstić information content (AvgIpc) is 2.45. The molecule has 2 rings (SSSR count). The van der Waals surface area contributed by atoms with Gasteiger partial charge in [-0.3, -0.25) is 0 Å². The van der Waals surface area contributed by atoms with Gasteiger partial charge in [0.05, 0.1) is 18.7 Å². The molecule has 0 amide bonds. The molecule has 0 saturated heterocycles. The minimum absolute atomic E-state index is 0.161. The van der Waals surface area contributed by atoms with E-state index in [1.807, 2.05) is 31.2 Å². The Morgan fingerprint density at radius 2 is 2.19 bits per heavy atom. The summed E-state index contributed by atoms with van der Waals surface area (Å²) in [6.45, 7) is 7.08. The Bertz CT molecular complexity index is 668. The number of anilines is 1. The van der Waals surface area contributed by atoms with Crippen LogP contribution in [0.3, 0.4) is 0 Å². The topological polar surface area (TPSA) is 71.5 Å². The van der Waals surface area contributed by atoms with Crippen LogP contribution in [0.1, 0.15) is 17.3 Å². The number of ether oxygens (including phenoxy) is 1. The number of hydrogen-bond donors (Lipinski definition) is 2. The number of carbonyl (C=O) groups is 1. The lowest BCUT2D eigenvalue weighted by Crippen LogP contribution is -2.14. The van der Waals surface area contributed by atoms with Gasteiger partial charge < -0.3 is 15.2 Å². The highest BCUT2D eigenvalue weighted by Crippen LogP contribution is 2.20. The molecule has 0 aliphatic carbocycles. The molecule has 1 aromatic heterocycles. The van der Waals surface area contributed by atoms with Crippen LogP contribution in [-0.2, 0) is 4.74 Å². The number of para-hydroxylation sites is 1. The molecular weight excluding hydrogens is 268 g/mol. The third-order valence-corrected chi connectivity index (χ3v) is 2.84. The zero-order valence-electron chi connectivity index (χ0n) is 11.9. The fourth-order valence-corrected chi connectivity index (χ4v) is 1.90. The SMILES string of the molecule is C=C(C)COCCNc1nc2ccccc2cc1C(=O)O. The van der Waals surface area contributed by atoms with E-state index in [0.29, 0.717) is 25.6 Å². The largest absolute Gasteiger partial charge is 0.478 e. The maximum Gasteiger partial charge on any atom is 0.339 e. The van der Waals surface area contributed by atoms with Gasteiger partial charge in [0.25, 0.3) is 0 Å². The van der Waals surface area contributed by atoms with E-state index < -0.39 is 5.97 Å². The van der Waals surface area contributed by atoms with Gasteiger partial charge in [-0.15, -0.1) is 0 Å². The number of carboxylic acids is 1. The number of nitrogens with one attached hydrogen (secondary N) is 1. The van der Waals surface area contributed by atoms with Gasteiger partial charge in [-0.05, 0) is 19.1 Å². The molecule has 0 fully saturated rings. The lowest BCUT2D eigenvalue weighted by atomic mass is 10.1. The summed E-state index contributed by atoms with van der Waals surface area (Å²) in [5.74, 6) is -0.640. The molecular formula is C16H18N2O3. The maximum atomic E-state index is 11.3. The van der Waals surface area contributed by atoms with Crippen LogP contribution in [0.5, 0.6) is 0 Å². The summed E-state index contributed by atoms with van der Waals surface area (Å²) < 4.78 is 5.37. The van der Waals surface area contributed by atoms with Crippen molar-refractivity contribution in [3.63, 3.8) is 0 Å². The third-order valence-electron chi connectivity index (χ3n) is 2.84. The Hall–Kier alpha value is -2.40. The van der Waals surface area contributed by atoms with Crippen LogP contribution in [0.4, 0.5) is 5.82 Å². The predicted octanol–water partition coefficient (Wildman–Crippen LogP) is 2.94. The summed E-state index contributed by atoms with van der Waals surface area (Å²) in [6, 6.07) is 9.05. The first-order valence-electron chi connectivity index (χ1n) is 6.67. The molecule has 1 heterocycles. The van der Waals surface area contributed by atoms with Crippen molar-refractivity contribution in [1.82, 2.24) is 4.98 Å². The fraction of sp³-hybridized carbons (Fsp3) is 0.250. The molecule has 0 unspecified atom stereocenters. The Morgan fingerprint density at radius 1 is 1.43 bits per heavy atom. The summed E-state index contributed by atoms with van der Waals surface area (Å²) in [6.07, 6.45) is 0. The Labute approximate surface area is 123 Å². The molecule has 0 saturated carbocycles. The zero-order chi connectivity index (χ0) is 15.2. The van der Waals surface area contributed by atoms with Crippen molar-refractivity contribution in [3.8, 4) is 0 Å². The molecule has 0 bridgehead atoms. The summed E-state index contributed by atoms with van der Waals surface area (Å²) in [7, 11) is 0. The highest BCUT2D eigenvalue weighted by molar-refractivity contribution is 5.98. The number of benzene rings is 1. The highest BCUT2D eigenvalue weighted by atomic mass is 16.5. The van der Waals surface area contributed by atoms with Gasteiger partial charge in [-0.25, -0.2) is 9.78 Å². The standard InChI is InChI=1S/C16H18N2O3/c1-11(2)10-21-8-7-17-15-13(16(19)20)9-12-5-3-4-6-14(12)18-15/h3-6,9H,1,7-8,10H2,2H3,(H,17,18)(H,19,20). The van der Waals surface area contributed by atoms with Crippen LogP contribution in [0.2, 0.25) is 0 Å². The van der Waals surface area contributed by atoms with Crippen molar-refractivity contribution in [3.05, 3.63) is 48.0 Å². The van der Waals surface area contributed by atoms with Gasteiger partial charge in [0.15, 0.2) is 0 Å². The molecule has 0 spiro atoms. The van der Waals surface area contributed by atoms with Gasteiger partial charge >= 0.3 is 5.97 Å². The first-order valence-corrected chi connectivity index (χ1v) is 6.67. The molecule has 1 aromatic carbocycles. The normalized spacial score (nSPS) is 10.5. The van der Waals surface area contributed by atoms with Gasteiger partial charge in [-0.2, -0.15) is 0 Å². The van der Waals surface area contributed by atoms with Crippen molar-refractivity contribution in [2.45, 2.75) is 6.92 Å². The molecule has 0 atom stereocenters. The monoisotopic (exact) mass is 286 g/mol. The second-order valence-corrected chi connectivity index (χ2v) is 4.82. The predicted molar refractivity (Wildman–Crippen MR) is 82.8 cm³/mol. The Kier molecular flexibility index (Phi) is 4.90. The van der Waals surface area contributed by atoms with Crippen molar-refractivity contribution in [1.29, 1.82) is 0 Å². The summed E-state index contributed by atoms with van der Waals surface area (Å²) in [5.41, 5.74) is 1.87.